The highest BCUT2D eigenvalue weighted by molar-refractivity contribution is 7.71. The summed E-state index contributed by atoms with van der Waals surface area (Å²) in [5.41, 5.74) is 3.64. The molecule has 0 aliphatic carbocycles. The maximum Gasteiger partial charge on any atom is 0.262 e. The maximum atomic E-state index is 12.2. The highest BCUT2D eigenvalue weighted by atomic mass is 32.1. The Hall–Kier alpha value is -2.47. The minimum atomic E-state index is -0.404. The predicted octanol–water partition coefficient (Wildman–Crippen LogP) is 3.45. The number of para-hydroxylation sites is 1. The minimum absolute atomic E-state index is 0.123. The smallest absolute Gasteiger partial charge is 0.262 e. The third-order valence-corrected chi connectivity index (χ3v) is 4.29. The van der Waals surface area contributed by atoms with Gasteiger partial charge >= 0.3 is 0 Å². The van der Waals surface area contributed by atoms with Gasteiger partial charge < -0.3 is 5.11 Å². The number of H-pyrrole nitrogens is 1. The Morgan fingerprint density at radius 1 is 1.39 bits per heavy atom. The summed E-state index contributed by atoms with van der Waals surface area (Å²) < 4.78 is 1.70. The fourth-order valence-electron chi connectivity index (χ4n) is 2.73. The zero-order chi connectivity index (χ0) is 16.6. The van der Waals surface area contributed by atoms with Gasteiger partial charge in [0.05, 0.1) is 5.69 Å². The SMILES string of the molecule is CCc1cccc2c1N=C/C2=C\c1c(O)n(CC)c(=S)[nH]c1=O. The van der Waals surface area contributed by atoms with Crippen molar-refractivity contribution < 1.29 is 5.11 Å². The van der Waals surface area contributed by atoms with E-state index in [0.29, 0.717) is 6.54 Å². The maximum absolute atomic E-state index is 12.2. The Morgan fingerprint density at radius 3 is 2.87 bits per heavy atom. The van der Waals surface area contributed by atoms with Crippen molar-refractivity contribution in [1.82, 2.24) is 9.55 Å². The van der Waals surface area contributed by atoms with Crippen LogP contribution < -0.4 is 5.56 Å². The van der Waals surface area contributed by atoms with E-state index in [2.05, 4.69) is 16.9 Å². The van der Waals surface area contributed by atoms with Crippen LogP contribution in [0, 0.1) is 4.77 Å². The van der Waals surface area contributed by atoms with E-state index in [1.54, 1.807) is 12.3 Å². The number of nitrogens with one attached hydrogen (secondary N) is 1. The molecule has 0 radical (unpaired) electrons. The summed E-state index contributed by atoms with van der Waals surface area (Å²) in [5, 5.41) is 10.3. The fourth-order valence-corrected chi connectivity index (χ4v) is 3.04. The topological polar surface area (TPSA) is 70.4 Å². The second-order valence-corrected chi connectivity index (χ2v) is 5.65. The van der Waals surface area contributed by atoms with E-state index in [-0.39, 0.29) is 16.2 Å². The quantitative estimate of drug-likeness (QED) is 0.848. The van der Waals surface area contributed by atoms with Gasteiger partial charge in [-0.1, -0.05) is 25.1 Å². The summed E-state index contributed by atoms with van der Waals surface area (Å²) in [6.45, 7) is 4.41. The molecule has 0 saturated heterocycles. The average molecular weight is 327 g/mol. The molecular weight excluding hydrogens is 310 g/mol. The summed E-state index contributed by atoms with van der Waals surface area (Å²) in [4.78, 5) is 19.2. The second-order valence-electron chi connectivity index (χ2n) is 5.27. The third-order valence-electron chi connectivity index (χ3n) is 3.97. The van der Waals surface area contributed by atoms with Crippen molar-refractivity contribution in [3.8, 4) is 5.88 Å². The molecule has 23 heavy (non-hydrogen) atoms. The third kappa shape index (κ3) is 2.55. The minimum Gasteiger partial charge on any atom is -0.494 e. The summed E-state index contributed by atoms with van der Waals surface area (Å²) in [7, 11) is 0. The zero-order valence-electron chi connectivity index (χ0n) is 13.0. The molecule has 118 valence electrons. The molecular formula is C17H17N3O2S. The van der Waals surface area contributed by atoms with Gasteiger partial charge in [-0.15, -0.1) is 0 Å². The number of aryl methyl sites for hydroxylation is 1. The lowest BCUT2D eigenvalue weighted by Gasteiger charge is -2.09. The summed E-state index contributed by atoms with van der Waals surface area (Å²) in [6, 6.07) is 5.98. The molecule has 2 heterocycles. The monoisotopic (exact) mass is 327 g/mol. The Labute approximate surface area is 138 Å². The molecule has 1 aromatic carbocycles. The number of hydrogen-bond acceptors (Lipinski definition) is 4. The number of hydrogen-bond donors (Lipinski definition) is 2. The normalized spacial score (nSPS) is 14.4. The van der Waals surface area contributed by atoms with Gasteiger partial charge in [0.2, 0.25) is 5.88 Å². The largest absolute Gasteiger partial charge is 0.494 e. The number of aliphatic imine (C=N–C) groups is 1. The lowest BCUT2D eigenvalue weighted by molar-refractivity contribution is 0.408. The molecule has 3 rings (SSSR count). The first-order valence-corrected chi connectivity index (χ1v) is 7.91. The van der Waals surface area contributed by atoms with Crippen LogP contribution in [-0.4, -0.2) is 20.9 Å². The highest BCUT2D eigenvalue weighted by Crippen LogP contribution is 2.36. The number of rotatable bonds is 3. The summed E-state index contributed by atoms with van der Waals surface area (Å²) >= 11 is 5.06. The molecule has 2 N–H and O–H groups in total. The van der Waals surface area contributed by atoms with Crippen molar-refractivity contribution in [2.24, 2.45) is 4.99 Å². The first-order valence-electron chi connectivity index (χ1n) is 7.50. The molecule has 0 amide bonds. The van der Waals surface area contributed by atoms with Gasteiger partial charge in [0.1, 0.15) is 5.56 Å². The Balaban J connectivity index is 2.19. The van der Waals surface area contributed by atoms with Gasteiger partial charge in [-0.05, 0) is 37.2 Å². The number of allylic oxidation sites excluding steroid dienone is 1. The van der Waals surface area contributed by atoms with Crippen molar-refractivity contribution in [1.29, 1.82) is 0 Å². The van der Waals surface area contributed by atoms with E-state index in [4.69, 9.17) is 12.2 Å². The molecule has 0 bridgehead atoms. The van der Waals surface area contributed by atoms with E-state index in [0.717, 1.165) is 28.8 Å². The van der Waals surface area contributed by atoms with Crippen LogP contribution >= 0.6 is 12.2 Å². The molecule has 5 nitrogen and oxygen atoms in total. The molecule has 6 heteroatoms. The number of aromatic nitrogens is 2. The number of aromatic hydroxyl groups is 1. The zero-order valence-corrected chi connectivity index (χ0v) is 13.8. The van der Waals surface area contributed by atoms with Crippen molar-refractivity contribution in [3.05, 3.63) is 50.0 Å². The molecule has 1 aliphatic rings. The van der Waals surface area contributed by atoms with Gasteiger partial charge in [0, 0.05) is 23.9 Å². The van der Waals surface area contributed by atoms with Crippen molar-refractivity contribution >= 4 is 35.8 Å². The van der Waals surface area contributed by atoms with Crippen molar-refractivity contribution in [3.63, 3.8) is 0 Å². The van der Waals surface area contributed by atoms with Crippen LogP contribution in [0.2, 0.25) is 0 Å². The van der Waals surface area contributed by atoms with Crippen LogP contribution in [0.1, 0.15) is 30.5 Å². The average Bonchev–Trinajstić information content (AvgIpc) is 2.94. The molecule has 1 aliphatic heterocycles. The molecule has 1 aromatic heterocycles. The van der Waals surface area contributed by atoms with Gasteiger partial charge in [-0.25, -0.2) is 0 Å². The van der Waals surface area contributed by atoms with Gasteiger partial charge in [-0.2, -0.15) is 0 Å². The van der Waals surface area contributed by atoms with E-state index in [1.807, 2.05) is 25.1 Å². The van der Waals surface area contributed by atoms with Crippen LogP contribution in [0.3, 0.4) is 0 Å². The first kappa shape index (κ1) is 15.4. The van der Waals surface area contributed by atoms with E-state index < -0.39 is 5.56 Å². The van der Waals surface area contributed by atoms with Gasteiger partial charge in [0.15, 0.2) is 4.77 Å². The van der Waals surface area contributed by atoms with Crippen LogP contribution in [-0.2, 0) is 13.0 Å². The van der Waals surface area contributed by atoms with Crippen molar-refractivity contribution in [2.45, 2.75) is 26.8 Å². The predicted molar refractivity (Wildman–Crippen MR) is 95.1 cm³/mol. The van der Waals surface area contributed by atoms with Crippen LogP contribution in [0.25, 0.3) is 11.6 Å². The highest BCUT2D eigenvalue weighted by Gasteiger charge is 2.17. The second kappa shape index (κ2) is 5.96. The van der Waals surface area contributed by atoms with Crippen LogP contribution in [0.15, 0.2) is 28.0 Å². The lowest BCUT2D eigenvalue weighted by atomic mass is 10.0. The fraction of sp³-hybridized carbons (Fsp3) is 0.235. The number of fused-ring (bicyclic) bond motifs is 1. The lowest BCUT2D eigenvalue weighted by Crippen LogP contribution is -2.16. The Kier molecular flexibility index (Phi) is 4.00. The van der Waals surface area contributed by atoms with Crippen LogP contribution in [0.4, 0.5) is 5.69 Å². The summed E-state index contributed by atoms with van der Waals surface area (Å²) in [6.07, 6.45) is 4.27. The van der Waals surface area contributed by atoms with Crippen molar-refractivity contribution in [2.75, 3.05) is 0 Å². The molecule has 0 saturated carbocycles. The molecule has 0 unspecified atom stereocenters. The number of nitrogens with zero attached hydrogens (tertiary/aromatic N) is 2. The number of benzene rings is 1. The van der Waals surface area contributed by atoms with E-state index in [1.165, 1.54) is 4.57 Å². The standard InChI is InChI=1S/C17H17N3O2S/c1-3-10-6-5-7-12-11(9-18-14(10)12)8-13-15(21)19-17(23)20(4-2)16(13)22/h5-9,22H,3-4H2,1-2H3,(H,19,21,23)/b11-8+. The molecule has 0 fully saturated rings. The first-order chi connectivity index (χ1) is 11.1. The molecule has 0 atom stereocenters. The molecule has 2 aromatic rings. The van der Waals surface area contributed by atoms with Gasteiger partial charge in [0.25, 0.3) is 5.56 Å². The molecule has 0 spiro atoms. The van der Waals surface area contributed by atoms with Crippen LogP contribution in [0.5, 0.6) is 5.88 Å². The van der Waals surface area contributed by atoms with Gasteiger partial charge in [-0.3, -0.25) is 19.3 Å². The number of aromatic amines is 1. The van der Waals surface area contributed by atoms with E-state index in [9.17, 15) is 9.90 Å². The summed E-state index contributed by atoms with van der Waals surface area (Å²) in [5.74, 6) is -0.123. The Morgan fingerprint density at radius 2 is 2.17 bits per heavy atom. The van der Waals surface area contributed by atoms with E-state index >= 15 is 0 Å². The Bertz CT molecular complexity index is 951.